The molecule has 1 heterocycles. The van der Waals surface area contributed by atoms with Crippen molar-refractivity contribution < 1.29 is 9.84 Å². The van der Waals surface area contributed by atoms with Gasteiger partial charge in [0.05, 0.1) is 13.2 Å². The number of ether oxygens (including phenoxy) is 1. The van der Waals surface area contributed by atoms with Gasteiger partial charge in [-0.1, -0.05) is 36.4 Å². The Kier molecular flexibility index (Phi) is 6.75. The highest BCUT2D eigenvalue weighted by molar-refractivity contribution is 5.59. The number of hydrogen-bond donors (Lipinski definition) is 1. The van der Waals surface area contributed by atoms with Gasteiger partial charge in [-0.15, -0.1) is 0 Å². The lowest BCUT2D eigenvalue weighted by molar-refractivity contribution is 0.137. The number of benzene rings is 2. The summed E-state index contributed by atoms with van der Waals surface area (Å²) in [4.78, 5) is 4.97. The van der Waals surface area contributed by atoms with Crippen LogP contribution in [-0.2, 0) is 6.42 Å². The molecule has 1 N–H and O–H groups in total. The second-order valence-electron chi connectivity index (χ2n) is 7.53. The Labute approximate surface area is 163 Å². The lowest BCUT2D eigenvalue weighted by Gasteiger charge is -2.37. The molecule has 146 valence electrons. The molecule has 1 unspecified atom stereocenters. The van der Waals surface area contributed by atoms with Crippen molar-refractivity contribution in [2.24, 2.45) is 0 Å². The maximum absolute atomic E-state index is 10.5. The second kappa shape index (κ2) is 9.25. The zero-order valence-electron chi connectivity index (χ0n) is 16.8. The molecule has 1 saturated heterocycles. The second-order valence-corrected chi connectivity index (χ2v) is 7.53. The van der Waals surface area contributed by atoms with Gasteiger partial charge in [0.2, 0.25) is 0 Å². The summed E-state index contributed by atoms with van der Waals surface area (Å²) in [6.07, 6.45) is 1.10. The first-order valence-electron chi connectivity index (χ1n) is 9.92. The predicted molar refractivity (Wildman–Crippen MR) is 112 cm³/mol. The Morgan fingerprint density at radius 3 is 2.30 bits per heavy atom. The van der Waals surface area contributed by atoms with Gasteiger partial charge in [0, 0.05) is 44.8 Å². The Morgan fingerprint density at radius 1 is 0.963 bits per heavy atom. The summed E-state index contributed by atoms with van der Waals surface area (Å²) < 4.78 is 5.39. The van der Waals surface area contributed by atoms with Crippen LogP contribution in [0.5, 0.6) is 5.75 Å². The molecule has 0 amide bonds. The summed E-state index contributed by atoms with van der Waals surface area (Å²) >= 11 is 0. The normalized spacial score (nSPS) is 16.4. The monoisotopic (exact) mass is 368 g/mol. The number of rotatable bonds is 7. The number of aliphatic hydroxyl groups is 1. The number of aryl methyl sites for hydroxylation is 2. The number of anilines is 1. The number of nitrogens with zero attached hydrogens (tertiary/aromatic N) is 2. The maximum Gasteiger partial charge on any atom is 0.122 e. The minimum atomic E-state index is -0.335. The molecule has 0 radical (unpaired) electrons. The van der Waals surface area contributed by atoms with Gasteiger partial charge in [-0.05, 0) is 43.0 Å². The minimum Gasteiger partial charge on any atom is -0.496 e. The van der Waals surface area contributed by atoms with E-state index in [1.54, 1.807) is 7.11 Å². The number of para-hydroxylation sites is 2. The molecule has 0 aromatic heterocycles. The molecule has 27 heavy (non-hydrogen) atoms. The van der Waals surface area contributed by atoms with Crippen molar-refractivity contribution in [1.29, 1.82) is 0 Å². The summed E-state index contributed by atoms with van der Waals surface area (Å²) in [7, 11) is 1.68. The fourth-order valence-corrected chi connectivity index (χ4v) is 4.06. The van der Waals surface area contributed by atoms with E-state index in [4.69, 9.17) is 4.74 Å². The van der Waals surface area contributed by atoms with Crippen molar-refractivity contribution in [3.63, 3.8) is 0 Å². The summed E-state index contributed by atoms with van der Waals surface area (Å²) in [6.45, 7) is 9.54. The van der Waals surface area contributed by atoms with E-state index in [-0.39, 0.29) is 6.10 Å². The van der Waals surface area contributed by atoms with Crippen LogP contribution in [0.2, 0.25) is 0 Å². The van der Waals surface area contributed by atoms with Gasteiger partial charge in [-0.2, -0.15) is 0 Å². The minimum absolute atomic E-state index is 0.335. The molecule has 1 atom stereocenters. The highest BCUT2D eigenvalue weighted by atomic mass is 16.5. The van der Waals surface area contributed by atoms with Crippen LogP contribution in [-0.4, -0.2) is 55.9 Å². The average Bonchev–Trinajstić information content (AvgIpc) is 2.67. The van der Waals surface area contributed by atoms with Crippen LogP contribution < -0.4 is 9.64 Å². The molecule has 1 aliphatic heterocycles. The predicted octanol–water partition coefficient (Wildman–Crippen LogP) is 3.43. The molecular formula is C23H32N2O2. The molecule has 0 bridgehead atoms. The first-order valence-corrected chi connectivity index (χ1v) is 9.92. The van der Waals surface area contributed by atoms with Crippen molar-refractivity contribution >= 4 is 5.69 Å². The Bertz CT molecular complexity index is 719. The average molecular weight is 369 g/mol. The van der Waals surface area contributed by atoms with E-state index in [9.17, 15) is 5.11 Å². The first-order chi connectivity index (χ1) is 13.1. The first kappa shape index (κ1) is 19.7. The summed E-state index contributed by atoms with van der Waals surface area (Å²) in [5.41, 5.74) is 5.19. The van der Waals surface area contributed by atoms with Gasteiger partial charge in [0.1, 0.15) is 5.75 Å². The summed E-state index contributed by atoms with van der Waals surface area (Å²) in [5.74, 6) is 0.860. The molecular weight excluding hydrogens is 336 g/mol. The zero-order valence-corrected chi connectivity index (χ0v) is 16.8. The molecule has 3 rings (SSSR count). The Hall–Kier alpha value is -2.04. The summed E-state index contributed by atoms with van der Waals surface area (Å²) in [6, 6.07) is 14.5. The van der Waals surface area contributed by atoms with Crippen molar-refractivity contribution in [1.82, 2.24) is 4.90 Å². The lowest BCUT2D eigenvalue weighted by atomic mass is 10.0. The smallest absolute Gasteiger partial charge is 0.122 e. The van der Waals surface area contributed by atoms with Gasteiger partial charge < -0.3 is 14.7 Å². The van der Waals surface area contributed by atoms with E-state index in [0.29, 0.717) is 6.42 Å². The maximum atomic E-state index is 10.5. The topological polar surface area (TPSA) is 35.9 Å². The van der Waals surface area contributed by atoms with Crippen molar-refractivity contribution in [3.8, 4) is 5.75 Å². The van der Waals surface area contributed by atoms with E-state index in [2.05, 4.69) is 41.8 Å². The molecule has 1 fully saturated rings. The van der Waals surface area contributed by atoms with Crippen LogP contribution >= 0.6 is 0 Å². The van der Waals surface area contributed by atoms with Crippen LogP contribution in [0.25, 0.3) is 0 Å². The third-order valence-corrected chi connectivity index (χ3v) is 5.55. The summed E-state index contributed by atoms with van der Waals surface area (Å²) in [5, 5.41) is 10.5. The Balaban J connectivity index is 1.47. The van der Waals surface area contributed by atoms with Crippen LogP contribution in [0.3, 0.4) is 0 Å². The fourth-order valence-electron chi connectivity index (χ4n) is 4.06. The van der Waals surface area contributed by atoms with Gasteiger partial charge in [0.25, 0.3) is 0 Å². The Morgan fingerprint density at radius 2 is 1.63 bits per heavy atom. The number of methoxy groups -OCH3 is 1. The molecule has 0 saturated carbocycles. The molecule has 0 spiro atoms. The van der Waals surface area contributed by atoms with E-state index in [0.717, 1.165) is 50.5 Å². The number of hydrogen-bond acceptors (Lipinski definition) is 4. The van der Waals surface area contributed by atoms with Gasteiger partial charge in [-0.3, -0.25) is 4.90 Å². The molecule has 4 nitrogen and oxygen atoms in total. The molecule has 2 aromatic rings. The molecule has 4 heteroatoms. The number of aliphatic hydroxyl groups excluding tert-OH is 1. The third kappa shape index (κ3) is 5.02. The van der Waals surface area contributed by atoms with E-state index in [1.165, 1.54) is 16.8 Å². The van der Waals surface area contributed by atoms with Gasteiger partial charge in [-0.25, -0.2) is 0 Å². The molecule has 0 aliphatic carbocycles. The van der Waals surface area contributed by atoms with Crippen LogP contribution in [0.15, 0.2) is 42.5 Å². The van der Waals surface area contributed by atoms with Crippen molar-refractivity contribution in [3.05, 3.63) is 59.2 Å². The van der Waals surface area contributed by atoms with Gasteiger partial charge >= 0.3 is 0 Å². The van der Waals surface area contributed by atoms with E-state index < -0.39 is 0 Å². The van der Waals surface area contributed by atoms with Crippen LogP contribution in [0, 0.1) is 13.8 Å². The largest absolute Gasteiger partial charge is 0.496 e. The third-order valence-electron chi connectivity index (χ3n) is 5.55. The standard InChI is InChI=1S/C23H32N2O2/c1-18-7-6-8-19(2)23(18)25-15-13-24(14-16-25)12-11-21(26)17-20-9-4-5-10-22(20)27-3/h4-10,21,26H,11-17H2,1-3H3. The fraction of sp³-hybridized carbons (Fsp3) is 0.478. The van der Waals surface area contributed by atoms with Gasteiger partial charge in [0.15, 0.2) is 0 Å². The zero-order chi connectivity index (χ0) is 19.2. The van der Waals surface area contributed by atoms with Crippen molar-refractivity contribution in [2.75, 3.05) is 44.7 Å². The number of piperazine rings is 1. The molecule has 2 aromatic carbocycles. The van der Waals surface area contributed by atoms with E-state index in [1.807, 2.05) is 24.3 Å². The van der Waals surface area contributed by atoms with E-state index >= 15 is 0 Å². The SMILES string of the molecule is COc1ccccc1CC(O)CCN1CCN(c2c(C)cccc2C)CC1. The van der Waals surface area contributed by atoms with Crippen molar-refractivity contribution in [2.45, 2.75) is 32.8 Å². The molecule has 1 aliphatic rings. The highest BCUT2D eigenvalue weighted by Crippen LogP contribution is 2.25. The van der Waals surface area contributed by atoms with Crippen LogP contribution in [0.1, 0.15) is 23.1 Å². The quantitative estimate of drug-likeness (QED) is 0.812. The highest BCUT2D eigenvalue weighted by Gasteiger charge is 2.20. The lowest BCUT2D eigenvalue weighted by Crippen LogP contribution is -2.47. The van der Waals surface area contributed by atoms with Crippen LogP contribution in [0.4, 0.5) is 5.69 Å².